The highest BCUT2D eigenvalue weighted by Gasteiger charge is 2.34. The zero-order valence-electron chi connectivity index (χ0n) is 20.5. The molecular formula is C26H34F4N2O. The lowest BCUT2D eigenvalue weighted by Gasteiger charge is -2.15. The maximum Gasteiger partial charge on any atom is 0.433 e. The Hall–Kier alpha value is -2.70. The average molecular weight is 467 g/mol. The van der Waals surface area contributed by atoms with E-state index in [-0.39, 0.29) is 5.41 Å². The molecule has 3 nitrogen and oxygen atoms in total. The van der Waals surface area contributed by atoms with Crippen molar-refractivity contribution >= 4 is 11.3 Å². The van der Waals surface area contributed by atoms with E-state index in [0.29, 0.717) is 46.5 Å². The van der Waals surface area contributed by atoms with Crippen LogP contribution < -0.4 is 0 Å². The van der Waals surface area contributed by atoms with Gasteiger partial charge >= 0.3 is 6.18 Å². The van der Waals surface area contributed by atoms with Gasteiger partial charge in [0.25, 0.3) is 0 Å². The number of rotatable bonds is 4. The lowest BCUT2D eigenvalue weighted by atomic mass is 9.89. The summed E-state index contributed by atoms with van der Waals surface area (Å²) in [5.41, 5.74) is 2.08. The Morgan fingerprint density at radius 2 is 1.58 bits per heavy atom. The molecule has 2 aromatic heterocycles. The molecule has 3 rings (SSSR count). The monoisotopic (exact) mass is 466 g/mol. The second-order valence-corrected chi connectivity index (χ2v) is 8.63. The van der Waals surface area contributed by atoms with Crippen LogP contribution in [0.15, 0.2) is 42.5 Å². The van der Waals surface area contributed by atoms with Gasteiger partial charge in [0.15, 0.2) is 0 Å². The van der Waals surface area contributed by atoms with Crippen LogP contribution in [0.1, 0.15) is 71.3 Å². The number of aryl methyl sites for hydroxylation is 1. The standard InChI is InChI=1S/C16H12F4N2.C8H16O.C2H6/c1-10-15(12-7-5-11(9-17)6-8-12)13-3-2-4-14(16(18,19)20)22(13)21-10;1-5-7(9)6-8(2,3)4;1-2/h2-8H,9H2,1H3;5-6H2,1-4H3;1-2H3. The number of carbonyl (C=O) groups excluding carboxylic acids is 1. The number of halogens is 4. The van der Waals surface area contributed by atoms with Crippen molar-refractivity contribution in [3.8, 4) is 11.1 Å². The van der Waals surface area contributed by atoms with Crippen molar-refractivity contribution in [2.45, 2.75) is 74.2 Å². The first-order chi connectivity index (χ1) is 15.4. The van der Waals surface area contributed by atoms with Crippen molar-refractivity contribution in [2.24, 2.45) is 5.41 Å². The molecule has 0 fully saturated rings. The molecule has 0 aliphatic carbocycles. The van der Waals surface area contributed by atoms with Gasteiger partial charge in [0.2, 0.25) is 0 Å². The second-order valence-electron chi connectivity index (χ2n) is 8.63. The number of nitrogens with zero attached hydrogens (tertiary/aromatic N) is 2. The fraction of sp³-hybridized carbons (Fsp3) is 0.462. The van der Waals surface area contributed by atoms with Crippen LogP contribution in [0.25, 0.3) is 16.6 Å². The first-order valence-corrected chi connectivity index (χ1v) is 11.1. The number of pyridine rings is 1. The fourth-order valence-corrected chi connectivity index (χ4v) is 3.23. The predicted molar refractivity (Wildman–Crippen MR) is 126 cm³/mol. The Morgan fingerprint density at radius 1 is 1.00 bits per heavy atom. The molecule has 0 amide bonds. The van der Waals surface area contributed by atoms with Gasteiger partial charge in [0.1, 0.15) is 18.2 Å². The number of carbonyl (C=O) groups is 1. The summed E-state index contributed by atoms with van der Waals surface area (Å²) in [6, 6.07) is 10.6. The number of alkyl halides is 4. The zero-order chi connectivity index (χ0) is 25.4. The molecule has 0 atom stereocenters. The van der Waals surface area contributed by atoms with Gasteiger partial charge < -0.3 is 0 Å². The third-order valence-electron chi connectivity index (χ3n) is 4.64. The van der Waals surface area contributed by atoms with Gasteiger partial charge in [-0.15, -0.1) is 0 Å². The van der Waals surface area contributed by atoms with Crippen LogP contribution >= 0.6 is 0 Å². The van der Waals surface area contributed by atoms with Gasteiger partial charge in [-0.2, -0.15) is 18.3 Å². The Kier molecular flexibility index (Phi) is 10.3. The molecule has 33 heavy (non-hydrogen) atoms. The van der Waals surface area contributed by atoms with Gasteiger partial charge in [-0.05, 0) is 35.6 Å². The number of fused-ring (bicyclic) bond motifs is 1. The number of ketones is 1. The Balaban J connectivity index is 0.000000420. The quantitative estimate of drug-likeness (QED) is 0.363. The van der Waals surface area contributed by atoms with Crippen LogP contribution in [-0.2, 0) is 17.6 Å². The summed E-state index contributed by atoms with van der Waals surface area (Å²) in [6.07, 6.45) is -3.09. The van der Waals surface area contributed by atoms with E-state index in [1.807, 2.05) is 20.8 Å². The zero-order valence-corrected chi connectivity index (χ0v) is 20.5. The molecule has 7 heteroatoms. The summed E-state index contributed by atoms with van der Waals surface area (Å²) >= 11 is 0. The SMILES string of the molecule is CC.CCC(=O)CC(C)(C)C.Cc1nn2c(C(F)(F)F)cccc2c1-c1ccc(CF)cc1. The lowest BCUT2D eigenvalue weighted by Crippen LogP contribution is -2.11. The van der Waals surface area contributed by atoms with Crippen LogP contribution in [-0.4, -0.2) is 15.4 Å². The molecule has 1 aromatic carbocycles. The third-order valence-corrected chi connectivity index (χ3v) is 4.64. The van der Waals surface area contributed by atoms with Crippen molar-refractivity contribution in [1.29, 1.82) is 0 Å². The summed E-state index contributed by atoms with van der Waals surface area (Å²) in [7, 11) is 0. The first kappa shape index (κ1) is 28.3. The molecule has 0 N–H and O–H groups in total. The Labute approximate surface area is 193 Å². The molecule has 0 aliphatic heterocycles. The van der Waals surface area contributed by atoms with Crippen LogP contribution in [0.5, 0.6) is 0 Å². The summed E-state index contributed by atoms with van der Waals surface area (Å²) in [5.74, 6) is 0.363. The molecule has 0 saturated carbocycles. The maximum absolute atomic E-state index is 13.1. The summed E-state index contributed by atoms with van der Waals surface area (Å²) < 4.78 is 52.7. The van der Waals surface area contributed by atoms with Gasteiger partial charge in [0, 0.05) is 18.4 Å². The molecule has 3 aromatic rings. The van der Waals surface area contributed by atoms with E-state index in [9.17, 15) is 22.4 Å². The van der Waals surface area contributed by atoms with Crippen LogP contribution in [0, 0.1) is 12.3 Å². The van der Waals surface area contributed by atoms with E-state index < -0.39 is 18.5 Å². The van der Waals surface area contributed by atoms with Crippen LogP contribution in [0.4, 0.5) is 17.6 Å². The average Bonchev–Trinajstić information content (AvgIpc) is 3.09. The fourth-order valence-electron chi connectivity index (χ4n) is 3.23. The van der Waals surface area contributed by atoms with Crippen molar-refractivity contribution in [3.05, 3.63) is 59.4 Å². The Bertz CT molecular complexity index is 1030. The highest BCUT2D eigenvalue weighted by Crippen LogP contribution is 2.34. The Morgan fingerprint density at radius 3 is 2.00 bits per heavy atom. The van der Waals surface area contributed by atoms with E-state index in [1.165, 1.54) is 6.07 Å². The van der Waals surface area contributed by atoms with E-state index in [2.05, 4.69) is 25.9 Å². The van der Waals surface area contributed by atoms with E-state index in [1.54, 1.807) is 37.3 Å². The summed E-state index contributed by atoms with van der Waals surface area (Å²) in [6.45, 7) is 13.2. The largest absolute Gasteiger partial charge is 0.433 e. The lowest BCUT2D eigenvalue weighted by molar-refractivity contribution is -0.142. The van der Waals surface area contributed by atoms with Gasteiger partial charge in [-0.3, -0.25) is 4.79 Å². The van der Waals surface area contributed by atoms with E-state index in [0.717, 1.165) is 10.6 Å². The highest BCUT2D eigenvalue weighted by atomic mass is 19.4. The normalized spacial score (nSPS) is 11.4. The number of hydrogen-bond acceptors (Lipinski definition) is 2. The molecule has 0 saturated heterocycles. The predicted octanol–water partition coefficient (Wildman–Crippen LogP) is 8.23. The van der Waals surface area contributed by atoms with Crippen molar-refractivity contribution in [1.82, 2.24) is 9.61 Å². The van der Waals surface area contributed by atoms with Gasteiger partial charge in [0.05, 0.1) is 11.2 Å². The molecule has 182 valence electrons. The smallest absolute Gasteiger partial charge is 0.300 e. The highest BCUT2D eigenvalue weighted by molar-refractivity contribution is 5.82. The topological polar surface area (TPSA) is 34.4 Å². The minimum absolute atomic E-state index is 0.174. The third kappa shape index (κ3) is 7.98. The maximum atomic E-state index is 13.1. The van der Waals surface area contributed by atoms with Gasteiger partial charge in [-0.1, -0.05) is 71.9 Å². The molecule has 0 unspecified atom stereocenters. The van der Waals surface area contributed by atoms with Crippen LogP contribution in [0.2, 0.25) is 0 Å². The van der Waals surface area contributed by atoms with Crippen molar-refractivity contribution in [3.63, 3.8) is 0 Å². The number of benzene rings is 1. The van der Waals surface area contributed by atoms with Crippen LogP contribution in [0.3, 0.4) is 0 Å². The number of aromatic nitrogens is 2. The van der Waals surface area contributed by atoms with E-state index in [4.69, 9.17) is 0 Å². The summed E-state index contributed by atoms with van der Waals surface area (Å²) in [4.78, 5) is 10.8. The minimum atomic E-state index is -4.48. The molecule has 0 radical (unpaired) electrons. The summed E-state index contributed by atoms with van der Waals surface area (Å²) in [5, 5.41) is 4.02. The molecule has 0 aliphatic rings. The van der Waals surface area contributed by atoms with Crippen molar-refractivity contribution < 1.29 is 22.4 Å². The first-order valence-electron chi connectivity index (χ1n) is 11.1. The van der Waals surface area contributed by atoms with Crippen molar-refractivity contribution in [2.75, 3.05) is 0 Å². The molecule has 0 bridgehead atoms. The van der Waals surface area contributed by atoms with Gasteiger partial charge in [-0.25, -0.2) is 8.91 Å². The molecular weight excluding hydrogens is 432 g/mol. The molecule has 0 spiro atoms. The number of hydrogen-bond donors (Lipinski definition) is 0. The molecule has 2 heterocycles. The number of Topliss-reactive ketones (excluding diaryl/α,β-unsaturated/α-hetero) is 1. The minimum Gasteiger partial charge on any atom is -0.300 e. The second kappa shape index (κ2) is 12.0. The van der Waals surface area contributed by atoms with E-state index >= 15 is 0 Å².